The number of hydrogen-bond acceptors (Lipinski definition) is 5. The van der Waals surface area contributed by atoms with E-state index < -0.39 is 14.4 Å². The number of rotatable bonds is 10. The van der Waals surface area contributed by atoms with Crippen LogP contribution in [0.1, 0.15) is 84.5 Å². The molecule has 214 valence electrons. The molecule has 1 atom stereocenters. The number of pyridine rings is 1. The third-order valence-electron chi connectivity index (χ3n) is 8.10. The summed E-state index contributed by atoms with van der Waals surface area (Å²) in [6, 6.07) is 8.00. The first-order valence-corrected chi connectivity index (χ1v) is 17.0. The van der Waals surface area contributed by atoms with Crippen molar-refractivity contribution in [2.24, 2.45) is 13.0 Å². The predicted octanol–water partition coefficient (Wildman–Crippen LogP) is 6.38. The molecule has 1 unspecified atom stereocenters. The average molecular weight is 554 g/mol. The van der Waals surface area contributed by atoms with Crippen LogP contribution >= 0.6 is 0 Å². The monoisotopic (exact) mass is 553 g/mol. The van der Waals surface area contributed by atoms with Gasteiger partial charge >= 0.3 is 5.69 Å². The summed E-state index contributed by atoms with van der Waals surface area (Å²) < 4.78 is 9.06. The van der Waals surface area contributed by atoms with Crippen molar-refractivity contribution in [1.82, 2.24) is 14.1 Å². The van der Waals surface area contributed by atoms with Crippen LogP contribution in [0.5, 0.6) is 0 Å². The Morgan fingerprint density at radius 2 is 1.72 bits per heavy atom. The second kappa shape index (κ2) is 11.9. The Hall–Kier alpha value is -2.55. The van der Waals surface area contributed by atoms with Crippen molar-refractivity contribution in [1.29, 1.82) is 0 Å². The van der Waals surface area contributed by atoms with E-state index in [9.17, 15) is 14.7 Å². The van der Waals surface area contributed by atoms with E-state index in [0.29, 0.717) is 41.6 Å². The summed E-state index contributed by atoms with van der Waals surface area (Å²) in [5.74, 6) is 0.428. The fraction of sp³-hybridized carbons (Fsp3) is 0.581. The van der Waals surface area contributed by atoms with Crippen LogP contribution in [0.25, 0.3) is 22.2 Å². The molecule has 7 nitrogen and oxygen atoms in total. The molecule has 1 N–H and O–H groups in total. The number of aliphatic hydroxyl groups is 1. The fourth-order valence-corrected chi connectivity index (χ4v) is 5.87. The van der Waals surface area contributed by atoms with Gasteiger partial charge in [0.25, 0.3) is 5.56 Å². The SMILES string of the molecule is CC(C)CC(O)c1c(-c2ccccc2C(C)C)ncc2c1c(=O)n(CCCO[Si](C)(C)C(C)(C)C)c(=O)n2C. The Labute approximate surface area is 234 Å². The van der Waals surface area contributed by atoms with E-state index in [4.69, 9.17) is 9.41 Å². The molecule has 0 saturated carbocycles. The lowest BCUT2D eigenvalue weighted by atomic mass is 9.89. The molecule has 3 aromatic rings. The first-order valence-electron chi connectivity index (χ1n) is 14.1. The van der Waals surface area contributed by atoms with Crippen LogP contribution in [0.2, 0.25) is 18.1 Å². The van der Waals surface area contributed by atoms with Gasteiger partial charge in [0.15, 0.2) is 8.32 Å². The van der Waals surface area contributed by atoms with Gasteiger partial charge in [-0.3, -0.25) is 18.9 Å². The van der Waals surface area contributed by atoms with E-state index in [2.05, 4.69) is 53.8 Å². The van der Waals surface area contributed by atoms with E-state index in [1.165, 1.54) is 9.13 Å². The third kappa shape index (κ3) is 6.44. The van der Waals surface area contributed by atoms with Crippen molar-refractivity contribution in [2.45, 2.75) is 98.0 Å². The normalized spacial score (nSPS) is 13.6. The van der Waals surface area contributed by atoms with E-state index in [-0.39, 0.29) is 34.7 Å². The topological polar surface area (TPSA) is 86.4 Å². The minimum atomic E-state index is -1.94. The molecule has 0 aliphatic carbocycles. The number of aryl methyl sites for hydroxylation is 1. The van der Waals surface area contributed by atoms with Crippen LogP contribution in [-0.2, 0) is 18.0 Å². The zero-order valence-electron chi connectivity index (χ0n) is 25.5. The van der Waals surface area contributed by atoms with Gasteiger partial charge in [0, 0.05) is 31.3 Å². The van der Waals surface area contributed by atoms with Gasteiger partial charge in [-0.15, -0.1) is 0 Å². The highest BCUT2D eigenvalue weighted by atomic mass is 28.4. The minimum absolute atomic E-state index is 0.0834. The van der Waals surface area contributed by atoms with E-state index in [0.717, 1.165) is 11.1 Å². The van der Waals surface area contributed by atoms with E-state index in [1.54, 1.807) is 13.2 Å². The molecule has 39 heavy (non-hydrogen) atoms. The maximum absolute atomic E-state index is 14.0. The quantitative estimate of drug-likeness (QED) is 0.233. The molecule has 0 aliphatic heterocycles. The maximum Gasteiger partial charge on any atom is 0.331 e. The van der Waals surface area contributed by atoms with Crippen molar-refractivity contribution < 1.29 is 9.53 Å². The summed E-state index contributed by atoms with van der Waals surface area (Å²) in [6.45, 7) is 20.0. The molecule has 0 radical (unpaired) electrons. The van der Waals surface area contributed by atoms with E-state index in [1.807, 2.05) is 32.0 Å². The van der Waals surface area contributed by atoms with Gasteiger partial charge in [-0.1, -0.05) is 72.7 Å². The second-order valence-electron chi connectivity index (χ2n) is 12.9. The number of nitrogens with zero attached hydrogens (tertiary/aromatic N) is 3. The van der Waals surface area contributed by atoms with Crippen molar-refractivity contribution in [3.05, 3.63) is 62.4 Å². The van der Waals surface area contributed by atoms with Gasteiger partial charge < -0.3 is 9.53 Å². The standard InChI is InChI=1S/C31H47N3O4Si/c1-20(2)18-25(35)27-26-24(19-32-28(27)23-15-12-11-14-22(23)21(3)4)33(8)30(37)34(29(26)36)16-13-17-38-39(9,10)31(5,6)7/h11-12,14-15,19-21,25,35H,13,16-18H2,1-10H3. The molecule has 0 spiro atoms. The molecular weight excluding hydrogens is 506 g/mol. The van der Waals surface area contributed by atoms with Crippen LogP contribution in [0.3, 0.4) is 0 Å². The van der Waals surface area contributed by atoms with Gasteiger partial charge in [-0.05, 0) is 48.4 Å². The van der Waals surface area contributed by atoms with Gasteiger partial charge in [0.05, 0.1) is 28.9 Å². The van der Waals surface area contributed by atoms with Gasteiger partial charge in [0.1, 0.15) is 0 Å². The highest BCUT2D eigenvalue weighted by Crippen LogP contribution is 2.38. The van der Waals surface area contributed by atoms with Crippen molar-refractivity contribution in [3.63, 3.8) is 0 Å². The Kier molecular flexibility index (Phi) is 9.45. The Morgan fingerprint density at radius 1 is 1.08 bits per heavy atom. The zero-order chi connectivity index (χ0) is 29.3. The molecule has 0 fully saturated rings. The second-order valence-corrected chi connectivity index (χ2v) is 17.7. The molecule has 0 amide bonds. The molecule has 8 heteroatoms. The number of aromatic nitrogens is 3. The van der Waals surface area contributed by atoms with Crippen molar-refractivity contribution in [2.75, 3.05) is 6.61 Å². The highest BCUT2D eigenvalue weighted by Gasteiger charge is 2.36. The maximum atomic E-state index is 14.0. The lowest BCUT2D eigenvalue weighted by Gasteiger charge is -2.36. The van der Waals surface area contributed by atoms with Crippen LogP contribution in [-0.4, -0.2) is 34.1 Å². The number of hydrogen-bond donors (Lipinski definition) is 1. The highest BCUT2D eigenvalue weighted by molar-refractivity contribution is 6.74. The summed E-state index contributed by atoms with van der Waals surface area (Å²) in [7, 11) is -0.275. The summed E-state index contributed by atoms with van der Waals surface area (Å²) in [4.78, 5) is 32.1. The molecule has 3 rings (SSSR count). The van der Waals surface area contributed by atoms with Gasteiger partial charge in [-0.25, -0.2) is 4.79 Å². The molecule has 0 bridgehead atoms. The summed E-state index contributed by atoms with van der Waals surface area (Å²) in [5, 5.41) is 12.0. The number of aliphatic hydroxyl groups excluding tert-OH is 1. The first-order chi connectivity index (χ1) is 18.1. The molecule has 1 aromatic carbocycles. The lowest BCUT2D eigenvalue weighted by Crippen LogP contribution is -2.42. The molecule has 0 aliphatic rings. The van der Waals surface area contributed by atoms with Crippen LogP contribution in [0.15, 0.2) is 40.1 Å². The smallest absolute Gasteiger partial charge is 0.331 e. The van der Waals surface area contributed by atoms with Crippen LogP contribution in [0, 0.1) is 5.92 Å². The fourth-order valence-electron chi connectivity index (χ4n) is 4.78. The molecule has 2 aromatic heterocycles. The Morgan fingerprint density at radius 3 is 2.31 bits per heavy atom. The number of benzene rings is 1. The Balaban J connectivity index is 2.20. The van der Waals surface area contributed by atoms with Crippen molar-refractivity contribution >= 4 is 19.2 Å². The molecular formula is C31H47N3O4Si. The number of fused-ring (bicyclic) bond motifs is 1. The van der Waals surface area contributed by atoms with Crippen molar-refractivity contribution in [3.8, 4) is 11.3 Å². The first kappa shape index (κ1) is 31.0. The lowest BCUT2D eigenvalue weighted by molar-refractivity contribution is 0.152. The summed E-state index contributed by atoms with van der Waals surface area (Å²) >= 11 is 0. The Bertz CT molecular complexity index is 1430. The minimum Gasteiger partial charge on any atom is -0.417 e. The van der Waals surface area contributed by atoms with Gasteiger partial charge in [-0.2, -0.15) is 0 Å². The van der Waals surface area contributed by atoms with Crippen LogP contribution < -0.4 is 11.2 Å². The van der Waals surface area contributed by atoms with Gasteiger partial charge in [0.2, 0.25) is 0 Å². The molecule has 2 heterocycles. The third-order valence-corrected chi connectivity index (χ3v) is 12.6. The zero-order valence-corrected chi connectivity index (χ0v) is 26.5. The average Bonchev–Trinajstić information content (AvgIpc) is 2.84. The predicted molar refractivity (Wildman–Crippen MR) is 163 cm³/mol. The molecule has 0 saturated heterocycles. The largest absolute Gasteiger partial charge is 0.417 e. The van der Waals surface area contributed by atoms with Crippen LogP contribution in [0.4, 0.5) is 0 Å². The summed E-state index contributed by atoms with van der Waals surface area (Å²) in [6.07, 6.45) is 1.71. The van der Waals surface area contributed by atoms with E-state index >= 15 is 0 Å². The summed E-state index contributed by atoms with van der Waals surface area (Å²) in [5.41, 5.74) is 2.75.